The van der Waals surface area contributed by atoms with Crippen molar-refractivity contribution in [3.63, 3.8) is 0 Å². The molecule has 0 spiro atoms. The Hall–Kier alpha value is -1.77. The Morgan fingerprint density at radius 2 is 1.68 bits per heavy atom. The maximum Gasteiger partial charge on any atom is 0.159 e. The molecule has 2 atom stereocenters. The van der Waals surface area contributed by atoms with Crippen molar-refractivity contribution in [2.45, 2.75) is 86.0 Å². The van der Waals surface area contributed by atoms with Gasteiger partial charge in [0.05, 0.1) is 12.4 Å². The van der Waals surface area contributed by atoms with Crippen molar-refractivity contribution >= 4 is 5.78 Å². The topological polar surface area (TPSA) is 46.5 Å². The van der Waals surface area contributed by atoms with Gasteiger partial charge in [0.25, 0.3) is 0 Å². The fourth-order valence-corrected chi connectivity index (χ4v) is 3.49. The molecule has 28 heavy (non-hydrogen) atoms. The Kier molecular flexibility index (Phi) is 11.6. The lowest BCUT2D eigenvalue weighted by atomic mass is 9.93. The molecule has 0 saturated carbocycles. The zero-order valence-corrected chi connectivity index (χ0v) is 18.6. The molecule has 0 aliphatic carbocycles. The van der Waals surface area contributed by atoms with Crippen molar-refractivity contribution in [2.75, 3.05) is 6.61 Å². The number of aliphatic hydroxyl groups is 1. The van der Waals surface area contributed by atoms with Crippen molar-refractivity contribution in [3.05, 3.63) is 41.2 Å². The van der Waals surface area contributed by atoms with Gasteiger partial charge in [-0.1, -0.05) is 71.4 Å². The van der Waals surface area contributed by atoms with Gasteiger partial charge in [0.15, 0.2) is 5.78 Å². The number of benzene rings is 1. The van der Waals surface area contributed by atoms with E-state index < -0.39 is 0 Å². The Morgan fingerprint density at radius 1 is 1.04 bits per heavy atom. The highest BCUT2D eigenvalue weighted by atomic mass is 16.5. The van der Waals surface area contributed by atoms with E-state index in [0.29, 0.717) is 17.9 Å². The molecule has 0 aliphatic rings. The average molecular weight is 389 g/mol. The third-order valence-electron chi connectivity index (χ3n) is 5.59. The molecule has 0 bridgehead atoms. The summed E-state index contributed by atoms with van der Waals surface area (Å²) in [5.41, 5.74) is 1.46. The molecule has 0 saturated heterocycles. The molecule has 1 rings (SSSR count). The van der Waals surface area contributed by atoms with Gasteiger partial charge in [0.1, 0.15) is 5.75 Å². The van der Waals surface area contributed by atoms with Crippen LogP contribution in [0.15, 0.2) is 35.6 Å². The number of ketones is 1. The van der Waals surface area contributed by atoms with Crippen molar-refractivity contribution < 1.29 is 14.6 Å². The SMILES string of the molecule is CCCCC(C)CCCC(CC)COc1ccc(C/C(C(C)=O)=C(\C)O)cc1. The van der Waals surface area contributed by atoms with Crippen LogP contribution in [-0.2, 0) is 11.2 Å². The molecule has 1 N–H and O–H groups in total. The highest BCUT2D eigenvalue weighted by molar-refractivity contribution is 5.94. The van der Waals surface area contributed by atoms with Crippen LogP contribution in [0.1, 0.15) is 85.1 Å². The van der Waals surface area contributed by atoms with Crippen LogP contribution in [-0.4, -0.2) is 17.5 Å². The number of carbonyl (C=O) groups excluding carboxylic acids is 1. The number of hydrogen-bond donors (Lipinski definition) is 1. The first-order chi connectivity index (χ1) is 13.4. The highest BCUT2D eigenvalue weighted by Gasteiger charge is 2.11. The summed E-state index contributed by atoms with van der Waals surface area (Å²) in [5, 5.41) is 9.65. The first-order valence-corrected chi connectivity index (χ1v) is 11.0. The second-order valence-electron chi connectivity index (χ2n) is 8.20. The lowest BCUT2D eigenvalue weighted by Gasteiger charge is -2.17. The molecule has 158 valence electrons. The van der Waals surface area contributed by atoms with Crippen molar-refractivity contribution in [1.82, 2.24) is 0 Å². The lowest BCUT2D eigenvalue weighted by Crippen LogP contribution is -2.12. The number of unbranched alkanes of at least 4 members (excludes halogenated alkanes) is 1. The number of allylic oxidation sites excluding steroid dienone is 2. The number of aliphatic hydroxyl groups excluding tert-OH is 1. The second kappa shape index (κ2) is 13.4. The van der Waals surface area contributed by atoms with Crippen molar-refractivity contribution in [2.24, 2.45) is 11.8 Å². The Balaban J connectivity index is 2.44. The van der Waals surface area contributed by atoms with Gasteiger partial charge in [0.2, 0.25) is 0 Å². The fourth-order valence-electron chi connectivity index (χ4n) is 3.49. The summed E-state index contributed by atoms with van der Waals surface area (Å²) in [6.45, 7) is 10.7. The van der Waals surface area contributed by atoms with Crippen LogP contribution in [0.3, 0.4) is 0 Å². The van der Waals surface area contributed by atoms with Crippen LogP contribution in [0.4, 0.5) is 0 Å². The minimum atomic E-state index is -0.0878. The molecular weight excluding hydrogens is 348 g/mol. The van der Waals surface area contributed by atoms with E-state index in [1.54, 1.807) is 6.92 Å². The Morgan fingerprint density at radius 3 is 2.21 bits per heavy atom. The molecule has 3 heteroatoms. The number of rotatable bonds is 14. The van der Waals surface area contributed by atoms with Crippen molar-refractivity contribution in [3.8, 4) is 5.75 Å². The van der Waals surface area contributed by atoms with Gasteiger partial charge in [-0.25, -0.2) is 0 Å². The first kappa shape index (κ1) is 24.3. The molecule has 2 unspecified atom stereocenters. The van der Waals surface area contributed by atoms with Gasteiger partial charge in [-0.3, -0.25) is 4.79 Å². The van der Waals surface area contributed by atoms with Crippen molar-refractivity contribution in [1.29, 1.82) is 0 Å². The van der Waals surface area contributed by atoms with E-state index in [1.165, 1.54) is 45.4 Å². The molecular formula is C25H40O3. The molecule has 0 amide bonds. The number of carbonyl (C=O) groups is 1. The Bertz CT molecular complexity index is 597. The predicted octanol–water partition coefficient (Wildman–Crippen LogP) is 7.05. The molecule has 3 nitrogen and oxygen atoms in total. The molecule has 0 aromatic heterocycles. The van der Waals surface area contributed by atoms with Crippen LogP contribution in [0.25, 0.3) is 0 Å². The van der Waals surface area contributed by atoms with E-state index in [9.17, 15) is 9.90 Å². The van der Waals surface area contributed by atoms with E-state index in [0.717, 1.165) is 30.3 Å². The third-order valence-corrected chi connectivity index (χ3v) is 5.59. The van der Waals surface area contributed by atoms with Crippen LogP contribution >= 0.6 is 0 Å². The minimum Gasteiger partial charge on any atom is -0.512 e. The average Bonchev–Trinajstić information content (AvgIpc) is 2.67. The highest BCUT2D eigenvalue weighted by Crippen LogP contribution is 2.21. The van der Waals surface area contributed by atoms with Crippen LogP contribution < -0.4 is 4.74 Å². The zero-order valence-electron chi connectivity index (χ0n) is 18.6. The van der Waals surface area contributed by atoms with Gasteiger partial charge in [-0.2, -0.15) is 0 Å². The summed E-state index contributed by atoms with van der Waals surface area (Å²) < 4.78 is 6.01. The van der Waals surface area contributed by atoms with E-state index in [1.807, 2.05) is 24.3 Å². The third kappa shape index (κ3) is 9.43. The smallest absolute Gasteiger partial charge is 0.159 e. The normalized spacial score (nSPS) is 14.3. The van der Waals surface area contributed by atoms with Gasteiger partial charge in [-0.05, 0) is 49.8 Å². The molecule has 0 fully saturated rings. The number of hydrogen-bond acceptors (Lipinski definition) is 3. The summed E-state index contributed by atoms with van der Waals surface area (Å²) in [5.74, 6) is 2.31. The summed E-state index contributed by atoms with van der Waals surface area (Å²) >= 11 is 0. The molecule has 0 aliphatic heterocycles. The Labute approximate surface area is 172 Å². The van der Waals surface area contributed by atoms with Gasteiger partial charge < -0.3 is 9.84 Å². The van der Waals surface area contributed by atoms with Gasteiger partial charge in [-0.15, -0.1) is 0 Å². The summed E-state index contributed by atoms with van der Waals surface area (Å²) in [6, 6.07) is 7.85. The maximum atomic E-state index is 11.6. The second-order valence-corrected chi connectivity index (χ2v) is 8.20. The number of Topliss-reactive ketones (excluding diaryl/α,β-unsaturated/α-hetero) is 1. The molecule has 0 radical (unpaired) electrons. The molecule has 0 heterocycles. The lowest BCUT2D eigenvalue weighted by molar-refractivity contribution is -0.113. The quantitative estimate of drug-likeness (QED) is 0.274. The standard InChI is InChI=1S/C25H40O3/c1-6-8-10-19(3)11-9-12-22(7-2)18-28-24-15-13-23(14-16-24)17-25(20(4)26)21(5)27/h13-16,19,22,26H,6-12,17-18H2,1-5H3/b25-20-. The predicted molar refractivity (Wildman–Crippen MR) is 118 cm³/mol. The molecule has 1 aromatic rings. The monoisotopic (exact) mass is 388 g/mol. The number of ether oxygens (including phenoxy) is 1. The van der Waals surface area contributed by atoms with Crippen LogP contribution in [0.2, 0.25) is 0 Å². The van der Waals surface area contributed by atoms with E-state index in [4.69, 9.17) is 4.74 Å². The summed E-state index contributed by atoms with van der Waals surface area (Å²) in [6.07, 6.45) is 9.42. The largest absolute Gasteiger partial charge is 0.512 e. The van der Waals surface area contributed by atoms with E-state index >= 15 is 0 Å². The molecule has 1 aromatic carbocycles. The van der Waals surface area contributed by atoms with Gasteiger partial charge >= 0.3 is 0 Å². The van der Waals surface area contributed by atoms with Crippen LogP contribution in [0.5, 0.6) is 5.75 Å². The maximum absolute atomic E-state index is 11.6. The van der Waals surface area contributed by atoms with E-state index in [-0.39, 0.29) is 11.5 Å². The van der Waals surface area contributed by atoms with Crippen LogP contribution in [0, 0.1) is 11.8 Å². The van der Waals surface area contributed by atoms with E-state index in [2.05, 4.69) is 20.8 Å². The zero-order chi connectivity index (χ0) is 20.9. The van der Waals surface area contributed by atoms with Gasteiger partial charge in [0, 0.05) is 12.0 Å². The summed E-state index contributed by atoms with van der Waals surface area (Å²) in [4.78, 5) is 11.6. The fraction of sp³-hybridized carbons (Fsp3) is 0.640. The minimum absolute atomic E-state index is 0.0878. The first-order valence-electron chi connectivity index (χ1n) is 11.0. The summed E-state index contributed by atoms with van der Waals surface area (Å²) in [7, 11) is 0.